The van der Waals surface area contributed by atoms with E-state index in [2.05, 4.69) is 17.1 Å². The molecule has 0 amide bonds. The summed E-state index contributed by atoms with van der Waals surface area (Å²) < 4.78 is 13.2. The van der Waals surface area contributed by atoms with E-state index in [1.165, 1.54) is 19.0 Å². The maximum absolute atomic E-state index is 13.2. The van der Waals surface area contributed by atoms with Crippen LogP contribution in [0.15, 0.2) is 18.2 Å². The molecule has 0 saturated carbocycles. The topological polar surface area (TPSA) is 39.1 Å². The number of nitrogens with zero attached hydrogens (tertiary/aromatic N) is 2. The van der Waals surface area contributed by atoms with Gasteiger partial charge in [-0.05, 0) is 56.6 Å². The highest BCUT2D eigenvalue weighted by atomic mass is 19.1. The molecule has 1 aliphatic heterocycles. The fraction of sp³-hybridized carbons (Fsp3) is 0.562. The zero-order valence-electron chi connectivity index (χ0n) is 12.0. The normalized spacial score (nSPS) is 17.1. The molecule has 1 saturated heterocycles. The molecule has 0 spiro atoms. The van der Waals surface area contributed by atoms with Gasteiger partial charge in [-0.1, -0.05) is 13.0 Å². The number of hydrogen-bond donors (Lipinski definition) is 1. The molecule has 1 fully saturated rings. The molecule has 0 unspecified atom stereocenters. The molecule has 1 aromatic carbocycles. The third-order valence-electron chi connectivity index (χ3n) is 3.87. The number of likely N-dealkylation sites (tertiary alicyclic amines) is 1. The molecule has 1 aromatic rings. The Kier molecular flexibility index (Phi) is 5.51. The lowest BCUT2D eigenvalue weighted by atomic mass is 10.0. The lowest BCUT2D eigenvalue weighted by Gasteiger charge is -2.32. The van der Waals surface area contributed by atoms with Gasteiger partial charge in [0, 0.05) is 12.6 Å². The van der Waals surface area contributed by atoms with Crippen molar-refractivity contribution in [2.24, 2.45) is 0 Å². The zero-order chi connectivity index (χ0) is 14.4. The molecule has 1 heterocycles. The fourth-order valence-corrected chi connectivity index (χ4v) is 2.71. The summed E-state index contributed by atoms with van der Waals surface area (Å²) in [6.45, 7) is 6.41. The third-order valence-corrected chi connectivity index (χ3v) is 3.87. The van der Waals surface area contributed by atoms with Crippen LogP contribution >= 0.6 is 0 Å². The van der Waals surface area contributed by atoms with Crippen molar-refractivity contribution in [3.05, 3.63) is 35.1 Å². The largest absolute Gasteiger partial charge is 0.310 e. The Morgan fingerprint density at radius 3 is 2.80 bits per heavy atom. The van der Waals surface area contributed by atoms with Crippen LogP contribution in [-0.2, 0) is 6.54 Å². The van der Waals surface area contributed by atoms with Gasteiger partial charge in [-0.15, -0.1) is 0 Å². The van der Waals surface area contributed by atoms with Crippen LogP contribution in [0.5, 0.6) is 0 Å². The monoisotopic (exact) mass is 275 g/mol. The second kappa shape index (κ2) is 7.37. The Morgan fingerprint density at radius 1 is 1.40 bits per heavy atom. The van der Waals surface area contributed by atoms with E-state index in [4.69, 9.17) is 5.26 Å². The van der Waals surface area contributed by atoms with Crippen molar-refractivity contribution in [1.29, 1.82) is 5.26 Å². The number of rotatable bonds is 5. The van der Waals surface area contributed by atoms with Gasteiger partial charge in [-0.2, -0.15) is 5.26 Å². The Labute approximate surface area is 120 Å². The zero-order valence-corrected chi connectivity index (χ0v) is 12.0. The van der Waals surface area contributed by atoms with E-state index in [0.717, 1.165) is 31.5 Å². The van der Waals surface area contributed by atoms with Gasteiger partial charge in [-0.25, -0.2) is 4.39 Å². The predicted octanol–water partition coefficient (Wildman–Crippen LogP) is 2.66. The van der Waals surface area contributed by atoms with Crippen molar-refractivity contribution in [3.8, 4) is 6.07 Å². The SMILES string of the molecule is CCCN1CCC(NCc2ccc(F)c(C#N)c2)CC1. The number of piperidine rings is 1. The fourth-order valence-electron chi connectivity index (χ4n) is 2.71. The van der Waals surface area contributed by atoms with Crippen LogP contribution in [-0.4, -0.2) is 30.6 Å². The molecular formula is C16H22FN3. The van der Waals surface area contributed by atoms with Crippen LogP contribution in [0.4, 0.5) is 4.39 Å². The van der Waals surface area contributed by atoms with Crippen molar-refractivity contribution in [3.63, 3.8) is 0 Å². The third kappa shape index (κ3) is 4.03. The van der Waals surface area contributed by atoms with Crippen LogP contribution in [0, 0.1) is 17.1 Å². The van der Waals surface area contributed by atoms with Crippen molar-refractivity contribution >= 4 is 0 Å². The van der Waals surface area contributed by atoms with Crippen LogP contribution in [0.25, 0.3) is 0 Å². The van der Waals surface area contributed by atoms with Gasteiger partial charge in [0.2, 0.25) is 0 Å². The molecule has 0 atom stereocenters. The Morgan fingerprint density at radius 2 is 2.15 bits per heavy atom. The summed E-state index contributed by atoms with van der Waals surface area (Å²) in [5.41, 5.74) is 1.10. The lowest BCUT2D eigenvalue weighted by molar-refractivity contribution is 0.197. The first kappa shape index (κ1) is 15.0. The summed E-state index contributed by atoms with van der Waals surface area (Å²) in [5.74, 6) is -0.441. The van der Waals surface area contributed by atoms with E-state index in [9.17, 15) is 4.39 Å². The molecule has 0 radical (unpaired) electrons. The minimum absolute atomic E-state index is 0.127. The van der Waals surface area contributed by atoms with E-state index in [1.54, 1.807) is 12.1 Å². The molecular weight excluding hydrogens is 253 g/mol. The van der Waals surface area contributed by atoms with Gasteiger partial charge in [-0.3, -0.25) is 0 Å². The maximum Gasteiger partial charge on any atom is 0.140 e. The van der Waals surface area contributed by atoms with Crippen LogP contribution in [0.3, 0.4) is 0 Å². The Balaban J connectivity index is 1.80. The average Bonchev–Trinajstić information content (AvgIpc) is 2.48. The molecule has 0 bridgehead atoms. The Hall–Kier alpha value is -1.44. The van der Waals surface area contributed by atoms with E-state index < -0.39 is 5.82 Å². The molecule has 1 aliphatic rings. The first-order valence-corrected chi connectivity index (χ1v) is 7.37. The lowest BCUT2D eigenvalue weighted by Crippen LogP contribution is -2.42. The highest BCUT2D eigenvalue weighted by molar-refractivity contribution is 5.34. The van der Waals surface area contributed by atoms with Crippen molar-refractivity contribution in [1.82, 2.24) is 10.2 Å². The summed E-state index contributed by atoms with van der Waals surface area (Å²) in [5, 5.41) is 12.3. The first-order chi connectivity index (χ1) is 9.72. The number of nitriles is 1. The van der Waals surface area contributed by atoms with Gasteiger partial charge >= 0.3 is 0 Å². The molecule has 4 heteroatoms. The predicted molar refractivity (Wildman–Crippen MR) is 77.7 cm³/mol. The van der Waals surface area contributed by atoms with E-state index in [1.807, 2.05) is 6.07 Å². The summed E-state index contributed by atoms with van der Waals surface area (Å²) in [6.07, 6.45) is 3.53. The van der Waals surface area contributed by atoms with Gasteiger partial charge in [0.1, 0.15) is 11.9 Å². The second-order valence-corrected chi connectivity index (χ2v) is 5.42. The summed E-state index contributed by atoms with van der Waals surface area (Å²) >= 11 is 0. The standard InChI is InChI=1S/C16H22FN3/c1-2-7-20-8-5-15(6-9-20)19-12-13-3-4-16(17)14(10-13)11-18/h3-4,10,15,19H,2,5-9,12H2,1H3. The second-order valence-electron chi connectivity index (χ2n) is 5.42. The molecule has 1 N–H and O–H groups in total. The smallest absolute Gasteiger partial charge is 0.140 e. The Bertz CT molecular complexity index is 473. The van der Waals surface area contributed by atoms with Crippen LogP contribution in [0.2, 0.25) is 0 Å². The summed E-state index contributed by atoms with van der Waals surface area (Å²) in [7, 11) is 0. The first-order valence-electron chi connectivity index (χ1n) is 7.37. The van der Waals surface area contributed by atoms with Crippen molar-refractivity contribution < 1.29 is 4.39 Å². The number of halogens is 1. The van der Waals surface area contributed by atoms with Gasteiger partial charge < -0.3 is 10.2 Å². The quantitative estimate of drug-likeness (QED) is 0.898. The molecule has 0 aromatic heterocycles. The summed E-state index contributed by atoms with van der Waals surface area (Å²) in [4.78, 5) is 2.50. The molecule has 108 valence electrons. The minimum Gasteiger partial charge on any atom is -0.310 e. The number of hydrogen-bond acceptors (Lipinski definition) is 3. The van der Waals surface area contributed by atoms with Gasteiger partial charge in [0.15, 0.2) is 0 Å². The molecule has 2 rings (SSSR count). The van der Waals surface area contributed by atoms with Gasteiger partial charge in [0.05, 0.1) is 5.56 Å². The highest BCUT2D eigenvalue weighted by Gasteiger charge is 2.17. The maximum atomic E-state index is 13.2. The van der Waals surface area contributed by atoms with E-state index in [-0.39, 0.29) is 5.56 Å². The minimum atomic E-state index is -0.441. The summed E-state index contributed by atoms with van der Waals surface area (Å²) in [6, 6.07) is 7.16. The van der Waals surface area contributed by atoms with E-state index >= 15 is 0 Å². The molecule has 3 nitrogen and oxygen atoms in total. The van der Waals surface area contributed by atoms with Crippen molar-refractivity contribution in [2.75, 3.05) is 19.6 Å². The van der Waals surface area contributed by atoms with Crippen LogP contribution in [0.1, 0.15) is 37.3 Å². The van der Waals surface area contributed by atoms with E-state index in [0.29, 0.717) is 12.6 Å². The van der Waals surface area contributed by atoms with Crippen LogP contribution < -0.4 is 5.32 Å². The molecule has 20 heavy (non-hydrogen) atoms. The van der Waals surface area contributed by atoms with Gasteiger partial charge in [0.25, 0.3) is 0 Å². The number of nitrogens with one attached hydrogen (secondary N) is 1. The number of benzene rings is 1. The van der Waals surface area contributed by atoms with Crippen molar-refractivity contribution in [2.45, 2.75) is 38.8 Å². The average molecular weight is 275 g/mol. The highest BCUT2D eigenvalue weighted by Crippen LogP contribution is 2.13. The molecule has 0 aliphatic carbocycles.